The minimum absolute atomic E-state index is 0.0954. The fraction of sp³-hybridized carbons (Fsp3) is 0.208. The van der Waals surface area contributed by atoms with Crippen molar-refractivity contribution < 1.29 is 14.3 Å². The van der Waals surface area contributed by atoms with Gasteiger partial charge in [0.2, 0.25) is 12.7 Å². The summed E-state index contributed by atoms with van der Waals surface area (Å²) in [6.45, 7) is 4.82. The zero-order valence-electron chi connectivity index (χ0n) is 16.6. The molecule has 0 bridgehead atoms. The number of carbonyl (C=O) groups excluding carboxylic acids is 1. The van der Waals surface area contributed by atoms with Crippen molar-refractivity contribution >= 4 is 11.6 Å². The highest BCUT2D eigenvalue weighted by Gasteiger charge is 2.21. The van der Waals surface area contributed by atoms with Gasteiger partial charge in [0.1, 0.15) is 6.04 Å². The summed E-state index contributed by atoms with van der Waals surface area (Å²) in [6, 6.07) is 21.1. The number of fused-ring (bicyclic) bond motifs is 1. The van der Waals surface area contributed by atoms with E-state index in [1.165, 1.54) is 0 Å². The van der Waals surface area contributed by atoms with Crippen LogP contribution in [0.4, 0.5) is 5.69 Å². The van der Waals surface area contributed by atoms with Crippen LogP contribution >= 0.6 is 0 Å². The maximum absolute atomic E-state index is 13.1. The third-order valence-corrected chi connectivity index (χ3v) is 4.83. The highest BCUT2D eigenvalue weighted by molar-refractivity contribution is 5.95. The van der Waals surface area contributed by atoms with Gasteiger partial charge >= 0.3 is 0 Å². The number of rotatable bonds is 6. The van der Waals surface area contributed by atoms with Gasteiger partial charge in [-0.3, -0.25) is 10.1 Å². The number of ether oxygens (including phenoxy) is 2. The molecule has 3 aromatic carbocycles. The van der Waals surface area contributed by atoms with Crippen molar-refractivity contribution in [3.63, 3.8) is 0 Å². The Kier molecular flexibility index (Phi) is 5.49. The van der Waals surface area contributed by atoms with Gasteiger partial charge in [-0.2, -0.15) is 0 Å². The summed E-state index contributed by atoms with van der Waals surface area (Å²) in [5, 5.41) is 6.44. The highest BCUT2D eigenvalue weighted by atomic mass is 16.7. The zero-order valence-corrected chi connectivity index (χ0v) is 16.6. The molecule has 29 heavy (non-hydrogen) atoms. The quantitative estimate of drug-likeness (QED) is 0.653. The Morgan fingerprint density at radius 2 is 1.66 bits per heavy atom. The lowest BCUT2D eigenvalue weighted by molar-refractivity contribution is -0.118. The van der Waals surface area contributed by atoms with Gasteiger partial charge in [0.15, 0.2) is 11.5 Å². The molecule has 5 heteroatoms. The molecule has 4 rings (SSSR count). The molecule has 1 aliphatic heterocycles. The molecule has 1 heterocycles. The number of hydrogen-bond donors (Lipinski definition) is 2. The SMILES string of the molecule is Cc1cc(C)cc(NC(=O)[C@@H](NCc2ccc3c(c2)OCO3)c2ccccc2)c1. The van der Waals surface area contributed by atoms with Crippen LogP contribution in [-0.4, -0.2) is 12.7 Å². The van der Waals surface area contributed by atoms with Gasteiger partial charge in [0.05, 0.1) is 0 Å². The van der Waals surface area contributed by atoms with E-state index in [0.29, 0.717) is 6.54 Å². The molecule has 0 fully saturated rings. The summed E-state index contributed by atoms with van der Waals surface area (Å²) in [5.74, 6) is 1.39. The van der Waals surface area contributed by atoms with Crippen LogP contribution in [0.25, 0.3) is 0 Å². The number of carbonyl (C=O) groups is 1. The van der Waals surface area contributed by atoms with E-state index in [9.17, 15) is 4.79 Å². The third-order valence-electron chi connectivity index (χ3n) is 4.83. The third kappa shape index (κ3) is 4.58. The van der Waals surface area contributed by atoms with Gasteiger partial charge in [-0.05, 0) is 60.4 Å². The Labute approximate surface area is 170 Å². The first-order valence-corrected chi connectivity index (χ1v) is 9.64. The topological polar surface area (TPSA) is 59.6 Å². The molecular weight excluding hydrogens is 364 g/mol. The molecule has 0 spiro atoms. The maximum Gasteiger partial charge on any atom is 0.246 e. The lowest BCUT2D eigenvalue weighted by atomic mass is 10.0. The number of aryl methyl sites for hydroxylation is 2. The summed E-state index contributed by atoms with van der Waals surface area (Å²) in [4.78, 5) is 13.1. The molecule has 148 valence electrons. The molecule has 0 aliphatic carbocycles. The normalized spacial score (nSPS) is 13.2. The standard InChI is InChI=1S/C24H24N2O3/c1-16-10-17(2)12-20(11-16)26-24(27)23(19-6-4-3-5-7-19)25-14-18-8-9-21-22(13-18)29-15-28-21/h3-13,23,25H,14-15H2,1-2H3,(H,26,27)/t23-/m0/s1. The number of hydrogen-bond acceptors (Lipinski definition) is 4. The largest absolute Gasteiger partial charge is 0.454 e. The van der Waals surface area contributed by atoms with Crippen LogP contribution in [0.1, 0.15) is 28.3 Å². The predicted octanol–water partition coefficient (Wildman–Crippen LogP) is 4.50. The van der Waals surface area contributed by atoms with Crippen molar-refractivity contribution in [3.05, 3.63) is 89.0 Å². The molecule has 3 aromatic rings. The fourth-order valence-electron chi connectivity index (χ4n) is 3.54. The minimum Gasteiger partial charge on any atom is -0.454 e. The molecule has 0 unspecified atom stereocenters. The van der Waals surface area contributed by atoms with Crippen molar-refractivity contribution in [1.29, 1.82) is 0 Å². The first-order valence-electron chi connectivity index (χ1n) is 9.64. The molecule has 0 saturated heterocycles. The molecule has 5 nitrogen and oxygen atoms in total. The van der Waals surface area contributed by atoms with Crippen LogP contribution in [0, 0.1) is 13.8 Å². The second kappa shape index (κ2) is 8.37. The summed E-state index contributed by atoms with van der Waals surface area (Å²) >= 11 is 0. The second-order valence-electron chi connectivity index (χ2n) is 7.28. The Hall–Kier alpha value is -3.31. The van der Waals surface area contributed by atoms with E-state index in [1.807, 2.05) is 74.5 Å². The Bertz CT molecular complexity index is 998. The van der Waals surface area contributed by atoms with Crippen LogP contribution in [0.5, 0.6) is 11.5 Å². The average Bonchev–Trinajstić information content (AvgIpc) is 3.16. The summed E-state index contributed by atoms with van der Waals surface area (Å²) in [5.41, 5.74) is 4.97. The number of nitrogens with one attached hydrogen (secondary N) is 2. The molecule has 2 N–H and O–H groups in total. The number of anilines is 1. The van der Waals surface area contributed by atoms with E-state index in [1.54, 1.807) is 0 Å². The summed E-state index contributed by atoms with van der Waals surface area (Å²) in [7, 11) is 0. The molecule has 0 aromatic heterocycles. The van der Waals surface area contributed by atoms with E-state index in [4.69, 9.17) is 9.47 Å². The maximum atomic E-state index is 13.1. The fourth-order valence-corrected chi connectivity index (χ4v) is 3.54. The van der Waals surface area contributed by atoms with E-state index < -0.39 is 6.04 Å². The predicted molar refractivity (Wildman–Crippen MR) is 113 cm³/mol. The average molecular weight is 388 g/mol. The van der Waals surface area contributed by atoms with Crippen molar-refractivity contribution in [3.8, 4) is 11.5 Å². The van der Waals surface area contributed by atoms with Gasteiger partial charge in [-0.15, -0.1) is 0 Å². The molecule has 1 aliphatic rings. The number of benzene rings is 3. The lowest BCUT2D eigenvalue weighted by Gasteiger charge is -2.19. The molecule has 0 saturated carbocycles. The van der Waals surface area contributed by atoms with Crippen molar-refractivity contribution in [2.24, 2.45) is 0 Å². The van der Waals surface area contributed by atoms with Gasteiger partial charge in [0, 0.05) is 12.2 Å². The smallest absolute Gasteiger partial charge is 0.246 e. The summed E-state index contributed by atoms with van der Waals surface area (Å²) in [6.07, 6.45) is 0. The van der Waals surface area contributed by atoms with Crippen molar-refractivity contribution in [2.75, 3.05) is 12.1 Å². The second-order valence-corrected chi connectivity index (χ2v) is 7.28. The van der Waals surface area contributed by atoms with E-state index in [0.717, 1.165) is 39.4 Å². The van der Waals surface area contributed by atoms with Crippen LogP contribution < -0.4 is 20.1 Å². The Balaban J connectivity index is 1.52. The van der Waals surface area contributed by atoms with Gasteiger partial charge in [-0.1, -0.05) is 42.5 Å². The monoisotopic (exact) mass is 388 g/mol. The van der Waals surface area contributed by atoms with Crippen LogP contribution in [0.2, 0.25) is 0 Å². The number of amides is 1. The Morgan fingerprint density at radius 1 is 0.931 bits per heavy atom. The van der Waals surface area contributed by atoms with Gasteiger partial charge < -0.3 is 14.8 Å². The zero-order chi connectivity index (χ0) is 20.2. The molecular formula is C24H24N2O3. The van der Waals surface area contributed by atoms with Gasteiger partial charge in [0.25, 0.3) is 0 Å². The Morgan fingerprint density at radius 3 is 2.41 bits per heavy atom. The molecule has 0 radical (unpaired) electrons. The van der Waals surface area contributed by atoms with Crippen LogP contribution in [0.15, 0.2) is 66.7 Å². The molecule has 1 atom stereocenters. The molecule has 1 amide bonds. The first-order chi connectivity index (χ1) is 14.1. The summed E-state index contributed by atoms with van der Waals surface area (Å²) < 4.78 is 10.8. The van der Waals surface area contributed by atoms with E-state index >= 15 is 0 Å². The first kappa shape index (κ1) is 19.0. The van der Waals surface area contributed by atoms with E-state index in [-0.39, 0.29) is 12.7 Å². The van der Waals surface area contributed by atoms with Crippen LogP contribution in [0.3, 0.4) is 0 Å². The van der Waals surface area contributed by atoms with Crippen LogP contribution in [-0.2, 0) is 11.3 Å². The van der Waals surface area contributed by atoms with Crippen molar-refractivity contribution in [2.45, 2.75) is 26.4 Å². The lowest BCUT2D eigenvalue weighted by Crippen LogP contribution is -2.32. The van der Waals surface area contributed by atoms with Crippen molar-refractivity contribution in [1.82, 2.24) is 5.32 Å². The minimum atomic E-state index is -0.484. The van der Waals surface area contributed by atoms with Gasteiger partial charge in [-0.25, -0.2) is 0 Å². The highest BCUT2D eigenvalue weighted by Crippen LogP contribution is 2.32. The van der Waals surface area contributed by atoms with E-state index in [2.05, 4.69) is 16.7 Å².